The maximum absolute atomic E-state index is 11.8. The number of amides is 1. The van der Waals surface area contributed by atoms with E-state index in [1.165, 1.54) is 17.3 Å². The number of carbonyl (C=O) groups excluding carboxylic acids is 1. The smallest absolute Gasteiger partial charge is 0.230 e. The zero-order valence-corrected chi connectivity index (χ0v) is 13.1. The van der Waals surface area contributed by atoms with Crippen LogP contribution in [0.15, 0.2) is 53.4 Å². The fourth-order valence-electron chi connectivity index (χ4n) is 1.78. The minimum absolute atomic E-state index is 0.0383. The van der Waals surface area contributed by atoms with Crippen LogP contribution < -0.4 is 10.1 Å². The van der Waals surface area contributed by atoms with Gasteiger partial charge in [-0.15, -0.1) is 11.8 Å². The average molecular weight is 301 g/mol. The Kier molecular flexibility index (Phi) is 5.69. The molecule has 0 atom stereocenters. The molecule has 110 valence electrons. The number of hydrogen-bond acceptors (Lipinski definition) is 3. The summed E-state index contributed by atoms with van der Waals surface area (Å²) in [5.41, 5.74) is 2.34. The summed E-state index contributed by atoms with van der Waals surface area (Å²) in [4.78, 5) is 12.9. The molecule has 0 bridgehead atoms. The van der Waals surface area contributed by atoms with E-state index in [0.29, 0.717) is 12.3 Å². The minimum Gasteiger partial charge on any atom is -0.497 e. The van der Waals surface area contributed by atoms with Crippen LogP contribution in [-0.4, -0.2) is 18.8 Å². The van der Waals surface area contributed by atoms with Gasteiger partial charge in [0.05, 0.1) is 12.9 Å². The SMILES string of the molecule is COc1ccc(SCC(=O)NCc2ccc(C)cc2)cc1. The number of thioether (sulfide) groups is 1. The highest BCUT2D eigenvalue weighted by Crippen LogP contribution is 2.20. The number of benzene rings is 2. The van der Waals surface area contributed by atoms with E-state index in [1.807, 2.05) is 55.5 Å². The second kappa shape index (κ2) is 7.74. The van der Waals surface area contributed by atoms with Gasteiger partial charge in [-0.1, -0.05) is 29.8 Å². The fourth-order valence-corrected chi connectivity index (χ4v) is 2.51. The number of aryl methyl sites for hydroxylation is 1. The molecule has 0 heterocycles. The predicted octanol–water partition coefficient (Wildman–Crippen LogP) is 3.41. The molecule has 1 amide bonds. The molecular weight excluding hydrogens is 282 g/mol. The largest absolute Gasteiger partial charge is 0.497 e. The lowest BCUT2D eigenvalue weighted by Gasteiger charge is -2.06. The van der Waals surface area contributed by atoms with E-state index in [-0.39, 0.29) is 5.91 Å². The molecule has 0 aromatic heterocycles. The predicted molar refractivity (Wildman–Crippen MR) is 86.7 cm³/mol. The molecule has 0 saturated carbocycles. The van der Waals surface area contributed by atoms with Crippen molar-refractivity contribution in [3.63, 3.8) is 0 Å². The first-order valence-corrected chi connectivity index (χ1v) is 7.75. The molecule has 0 fully saturated rings. The third-order valence-corrected chi connectivity index (χ3v) is 4.05. The highest BCUT2D eigenvalue weighted by Gasteiger charge is 2.03. The van der Waals surface area contributed by atoms with Gasteiger partial charge in [-0.3, -0.25) is 4.79 Å². The summed E-state index contributed by atoms with van der Waals surface area (Å²) in [6, 6.07) is 15.9. The zero-order chi connectivity index (χ0) is 15.1. The van der Waals surface area contributed by atoms with Crippen molar-refractivity contribution in [3.05, 3.63) is 59.7 Å². The lowest BCUT2D eigenvalue weighted by molar-refractivity contribution is -0.118. The second-order valence-electron chi connectivity index (χ2n) is 4.73. The van der Waals surface area contributed by atoms with Crippen LogP contribution in [-0.2, 0) is 11.3 Å². The van der Waals surface area contributed by atoms with Crippen molar-refractivity contribution < 1.29 is 9.53 Å². The molecule has 2 aromatic rings. The molecule has 0 unspecified atom stereocenters. The van der Waals surface area contributed by atoms with E-state index in [1.54, 1.807) is 7.11 Å². The van der Waals surface area contributed by atoms with E-state index >= 15 is 0 Å². The first-order chi connectivity index (χ1) is 10.2. The summed E-state index contributed by atoms with van der Waals surface area (Å²) in [5.74, 6) is 1.28. The molecule has 0 saturated heterocycles. The number of carbonyl (C=O) groups is 1. The van der Waals surface area contributed by atoms with Crippen molar-refractivity contribution in [3.8, 4) is 5.75 Å². The van der Waals surface area contributed by atoms with Crippen molar-refractivity contribution in [1.29, 1.82) is 0 Å². The number of hydrogen-bond donors (Lipinski definition) is 1. The van der Waals surface area contributed by atoms with Gasteiger partial charge in [0.15, 0.2) is 0 Å². The van der Waals surface area contributed by atoms with Crippen LogP contribution in [0.1, 0.15) is 11.1 Å². The van der Waals surface area contributed by atoms with Gasteiger partial charge in [-0.25, -0.2) is 0 Å². The maximum atomic E-state index is 11.8. The Morgan fingerprint density at radius 2 is 1.76 bits per heavy atom. The zero-order valence-electron chi connectivity index (χ0n) is 12.3. The summed E-state index contributed by atoms with van der Waals surface area (Å²) < 4.78 is 5.10. The Bertz CT molecular complexity index is 579. The van der Waals surface area contributed by atoms with Crippen molar-refractivity contribution >= 4 is 17.7 Å². The van der Waals surface area contributed by atoms with Crippen molar-refractivity contribution in [1.82, 2.24) is 5.32 Å². The molecular formula is C17H19NO2S. The maximum Gasteiger partial charge on any atom is 0.230 e. The van der Waals surface area contributed by atoms with Gasteiger partial charge < -0.3 is 10.1 Å². The standard InChI is InChI=1S/C17H19NO2S/c1-13-3-5-14(6-4-13)11-18-17(19)12-21-16-9-7-15(20-2)8-10-16/h3-10H,11-12H2,1-2H3,(H,18,19). The van der Waals surface area contributed by atoms with Crippen LogP contribution in [0.3, 0.4) is 0 Å². The normalized spacial score (nSPS) is 10.2. The Morgan fingerprint density at radius 1 is 1.10 bits per heavy atom. The van der Waals surface area contributed by atoms with Gasteiger partial charge in [0.25, 0.3) is 0 Å². The van der Waals surface area contributed by atoms with E-state index < -0.39 is 0 Å². The van der Waals surface area contributed by atoms with E-state index in [0.717, 1.165) is 16.2 Å². The van der Waals surface area contributed by atoms with E-state index in [9.17, 15) is 4.79 Å². The van der Waals surface area contributed by atoms with Crippen molar-refractivity contribution in [2.45, 2.75) is 18.4 Å². The summed E-state index contributed by atoms with van der Waals surface area (Å²) in [6.45, 7) is 2.62. The summed E-state index contributed by atoms with van der Waals surface area (Å²) in [7, 11) is 1.64. The van der Waals surface area contributed by atoms with Gasteiger partial charge in [-0.2, -0.15) is 0 Å². The lowest BCUT2D eigenvalue weighted by atomic mass is 10.1. The molecule has 0 aliphatic rings. The Labute approximate surface area is 129 Å². The minimum atomic E-state index is 0.0383. The number of ether oxygens (including phenoxy) is 1. The molecule has 2 aromatic carbocycles. The van der Waals surface area contributed by atoms with Crippen LogP contribution in [0.2, 0.25) is 0 Å². The summed E-state index contributed by atoms with van der Waals surface area (Å²) in [6.07, 6.45) is 0. The molecule has 3 nitrogen and oxygen atoms in total. The average Bonchev–Trinajstić information content (AvgIpc) is 2.53. The third-order valence-electron chi connectivity index (χ3n) is 3.04. The highest BCUT2D eigenvalue weighted by molar-refractivity contribution is 8.00. The van der Waals surface area contributed by atoms with E-state index in [2.05, 4.69) is 5.32 Å². The monoisotopic (exact) mass is 301 g/mol. The quantitative estimate of drug-likeness (QED) is 0.831. The topological polar surface area (TPSA) is 38.3 Å². The van der Waals surface area contributed by atoms with Gasteiger partial charge in [0, 0.05) is 11.4 Å². The molecule has 0 aliphatic carbocycles. The second-order valence-corrected chi connectivity index (χ2v) is 5.78. The van der Waals surface area contributed by atoms with Crippen LogP contribution >= 0.6 is 11.8 Å². The molecule has 0 aliphatic heterocycles. The van der Waals surface area contributed by atoms with Gasteiger partial charge in [0.1, 0.15) is 5.75 Å². The first-order valence-electron chi connectivity index (χ1n) is 6.76. The summed E-state index contributed by atoms with van der Waals surface area (Å²) >= 11 is 1.52. The summed E-state index contributed by atoms with van der Waals surface area (Å²) in [5, 5.41) is 2.93. The number of rotatable bonds is 6. The first kappa shape index (κ1) is 15.4. The highest BCUT2D eigenvalue weighted by atomic mass is 32.2. The molecule has 21 heavy (non-hydrogen) atoms. The Hall–Kier alpha value is -1.94. The van der Waals surface area contributed by atoms with E-state index in [4.69, 9.17) is 4.74 Å². The number of nitrogens with one attached hydrogen (secondary N) is 1. The molecule has 1 N–H and O–H groups in total. The Balaban J connectivity index is 1.75. The molecule has 0 spiro atoms. The molecule has 4 heteroatoms. The van der Waals surface area contributed by atoms with Crippen molar-refractivity contribution in [2.75, 3.05) is 12.9 Å². The van der Waals surface area contributed by atoms with Crippen LogP contribution in [0, 0.1) is 6.92 Å². The molecule has 2 rings (SSSR count). The van der Waals surface area contributed by atoms with Gasteiger partial charge in [-0.05, 0) is 36.8 Å². The number of methoxy groups -OCH3 is 1. The lowest BCUT2D eigenvalue weighted by Crippen LogP contribution is -2.24. The van der Waals surface area contributed by atoms with Crippen LogP contribution in [0.5, 0.6) is 5.75 Å². The Morgan fingerprint density at radius 3 is 2.38 bits per heavy atom. The molecule has 0 radical (unpaired) electrons. The van der Waals surface area contributed by atoms with Crippen molar-refractivity contribution in [2.24, 2.45) is 0 Å². The third kappa shape index (κ3) is 5.16. The van der Waals surface area contributed by atoms with Crippen LogP contribution in [0.4, 0.5) is 0 Å². The van der Waals surface area contributed by atoms with Gasteiger partial charge >= 0.3 is 0 Å². The fraction of sp³-hybridized carbons (Fsp3) is 0.235. The van der Waals surface area contributed by atoms with Gasteiger partial charge in [0.2, 0.25) is 5.91 Å². The van der Waals surface area contributed by atoms with Crippen LogP contribution in [0.25, 0.3) is 0 Å².